The fraction of sp³-hybridized carbons (Fsp3) is 0.190. The first kappa shape index (κ1) is 23.5. The van der Waals surface area contributed by atoms with Crippen molar-refractivity contribution in [3.63, 3.8) is 0 Å². The van der Waals surface area contributed by atoms with Crippen LogP contribution in [-0.4, -0.2) is 35.2 Å². The van der Waals surface area contributed by atoms with Gasteiger partial charge in [-0.1, -0.05) is 12.1 Å². The molecule has 31 heavy (non-hydrogen) atoms. The van der Waals surface area contributed by atoms with Crippen LogP contribution in [0.3, 0.4) is 0 Å². The predicted molar refractivity (Wildman–Crippen MR) is 122 cm³/mol. The number of halogens is 3. The second-order valence-electron chi connectivity index (χ2n) is 6.48. The van der Waals surface area contributed by atoms with E-state index in [0.29, 0.717) is 25.8 Å². The van der Waals surface area contributed by atoms with Crippen LogP contribution in [-0.2, 0) is 20.9 Å². The summed E-state index contributed by atoms with van der Waals surface area (Å²) >= 11 is 7.63. The number of amides is 2. The number of nitrogens with zero attached hydrogens (tertiary/aromatic N) is 1. The number of imide groups is 1. The van der Waals surface area contributed by atoms with E-state index in [1.165, 1.54) is 26.2 Å². The van der Waals surface area contributed by atoms with Crippen LogP contribution < -0.4 is 4.74 Å². The smallest absolute Gasteiger partial charge is 0.328 e. The van der Waals surface area contributed by atoms with Gasteiger partial charge < -0.3 is 9.47 Å². The fourth-order valence-electron chi connectivity index (χ4n) is 2.82. The van der Waals surface area contributed by atoms with Gasteiger partial charge >= 0.3 is 5.97 Å². The quantitative estimate of drug-likeness (QED) is 0.335. The summed E-state index contributed by atoms with van der Waals surface area (Å²) in [4.78, 5) is 37.7. The van der Waals surface area contributed by atoms with Crippen molar-refractivity contribution in [1.29, 1.82) is 0 Å². The molecule has 1 fully saturated rings. The maximum atomic E-state index is 13.3. The molecule has 2 aromatic carbocycles. The zero-order valence-corrected chi connectivity index (χ0v) is 20.3. The number of hydrogen-bond acceptors (Lipinski definition) is 6. The summed E-state index contributed by atoms with van der Waals surface area (Å²) in [5.41, 5.74) is 1.31. The number of benzene rings is 2. The Balaban J connectivity index is 1.79. The van der Waals surface area contributed by atoms with Crippen LogP contribution in [0.2, 0.25) is 0 Å². The Kier molecular flexibility index (Phi) is 7.55. The van der Waals surface area contributed by atoms with Crippen LogP contribution in [0.4, 0.5) is 9.18 Å². The van der Waals surface area contributed by atoms with Gasteiger partial charge in [0.15, 0.2) is 0 Å². The van der Waals surface area contributed by atoms with E-state index in [4.69, 9.17) is 4.74 Å². The average molecular weight is 573 g/mol. The molecule has 1 aliphatic rings. The molecule has 0 unspecified atom stereocenters. The molecular formula is C21H16Br2FNO5S. The van der Waals surface area contributed by atoms with Gasteiger partial charge in [-0.3, -0.25) is 14.5 Å². The summed E-state index contributed by atoms with van der Waals surface area (Å²) in [5.74, 6) is -1.07. The SMILES string of the molecule is COC(=O)[C@H](C)N1C(=O)S/C(=C/c2cc(Br)c(OCc3cccc(F)c3)c(Br)c2)C1=O. The molecule has 10 heteroatoms. The minimum Gasteiger partial charge on any atom is -0.487 e. The normalized spacial score (nSPS) is 16.0. The highest BCUT2D eigenvalue weighted by molar-refractivity contribution is 9.11. The Bertz CT molecular complexity index is 1070. The van der Waals surface area contributed by atoms with Crippen molar-refractivity contribution in [3.8, 4) is 5.75 Å². The first-order chi connectivity index (χ1) is 14.7. The lowest BCUT2D eigenvalue weighted by Gasteiger charge is -2.18. The van der Waals surface area contributed by atoms with Gasteiger partial charge in [0, 0.05) is 0 Å². The first-order valence-corrected chi connectivity index (χ1v) is 11.3. The van der Waals surface area contributed by atoms with Crippen molar-refractivity contribution in [1.82, 2.24) is 4.90 Å². The lowest BCUT2D eigenvalue weighted by molar-refractivity contribution is -0.148. The maximum absolute atomic E-state index is 13.3. The Labute approximate surface area is 199 Å². The lowest BCUT2D eigenvalue weighted by Crippen LogP contribution is -2.42. The number of esters is 1. The summed E-state index contributed by atoms with van der Waals surface area (Å²) in [6, 6.07) is 8.55. The number of methoxy groups -OCH3 is 1. The highest BCUT2D eigenvalue weighted by atomic mass is 79.9. The summed E-state index contributed by atoms with van der Waals surface area (Å²) in [7, 11) is 1.20. The third-order valence-electron chi connectivity index (χ3n) is 4.34. The maximum Gasteiger partial charge on any atom is 0.328 e. The van der Waals surface area contributed by atoms with Crippen LogP contribution >= 0.6 is 43.6 Å². The van der Waals surface area contributed by atoms with Gasteiger partial charge in [-0.15, -0.1) is 0 Å². The van der Waals surface area contributed by atoms with E-state index >= 15 is 0 Å². The summed E-state index contributed by atoms with van der Waals surface area (Å²) in [6.45, 7) is 1.60. The molecule has 1 heterocycles. The molecule has 0 aromatic heterocycles. The minimum absolute atomic E-state index is 0.165. The second-order valence-corrected chi connectivity index (χ2v) is 9.18. The van der Waals surface area contributed by atoms with Gasteiger partial charge in [0.2, 0.25) is 0 Å². The van der Waals surface area contributed by atoms with E-state index < -0.39 is 23.2 Å². The topological polar surface area (TPSA) is 72.9 Å². The molecule has 1 atom stereocenters. The largest absolute Gasteiger partial charge is 0.487 e. The zero-order chi connectivity index (χ0) is 22.7. The monoisotopic (exact) mass is 571 g/mol. The molecule has 1 saturated heterocycles. The molecule has 162 valence electrons. The second kappa shape index (κ2) is 9.97. The molecule has 6 nitrogen and oxygen atoms in total. The van der Waals surface area contributed by atoms with Crippen molar-refractivity contribution >= 4 is 66.8 Å². The number of thioether (sulfide) groups is 1. The van der Waals surface area contributed by atoms with Crippen molar-refractivity contribution in [2.24, 2.45) is 0 Å². The molecule has 3 rings (SSSR count). The number of ether oxygens (including phenoxy) is 2. The van der Waals surface area contributed by atoms with Crippen LogP contribution in [0.25, 0.3) is 6.08 Å². The highest BCUT2D eigenvalue weighted by Crippen LogP contribution is 2.38. The molecule has 0 saturated carbocycles. The molecule has 2 aromatic rings. The van der Waals surface area contributed by atoms with E-state index in [1.807, 2.05) is 0 Å². The van der Waals surface area contributed by atoms with Gasteiger partial charge in [0.1, 0.15) is 24.2 Å². The third-order valence-corrected chi connectivity index (χ3v) is 6.41. The van der Waals surface area contributed by atoms with E-state index in [-0.39, 0.29) is 17.3 Å². The molecule has 0 N–H and O–H groups in total. The van der Waals surface area contributed by atoms with Crippen molar-refractivity contribution in [2.45, 2.75) is 19.6 Å². The fourth-order valence-corrected chi connectivity index (χ4v) is 5.18. The molecule has 0 radical (unpaired) electrons. The van der Waals surface area contributed by atoms with Gasteiger partial charge in [-0.25, -0.2) is 9.18 Å². The molecule has 0 spiro atoms. The molecule has 0 aliphatic carbocycles. The van der Waals surface area contributed by atoms with Gasteiger partial charge in [0.05, 0.1) is 21.0 Å². The third kappa shape index (κ3) is 5.36. The van der Waals surface area contributed by atoms with E-state index in [0.717, 1.165) is 16.7 Å². The number of hydrogen-bond donors (Lipinski definition) is 0. The molecule has 0 bridgehead atoms. The number of carbonyl (C=O) groups excluding carboxylic acids is 3. The molecule has 2 amide bonds. The lowest BCUT2D eigenvalue weighted by atomic mass is 10.2. The zero-order valence-electron chi connectivity index (χ0n) is 16.4. The summed E-state index contributed by atoms with van der Waals surface area (Å²) < 4.78 is 25.0. The van der Waals surface area contributed by atoms with Crippen molar-refractivity contribution in [3.05, 3.63) is 67.2 Å². The van der Waals surface area contributed by atoms with Crippen LogP contribution in [0, 0.1) is 5.82 Å². The highest BCUT2D eigenvalue weighted by Gasteiger charge is 2.41. The summed E-state index contributed by atoms with van der Waals surface area (Å²) in [6.07, 6.45) is 1.56. The number of carbonyl (C=O) groups is 3. The molecular weight excluding hydrogens is 557 g/mol. The Morgan fingerprint density at radius 1 is 1.23 bits per heavy atom. The van der Waals surface area contributed by atoms with Crippen LogP contribution in [0.5, 0.6) is 5.75 Å². The Morgan fingerprint density at radius 2 is 1.90 bits per heavy atom. The standard InChI is InChI=1S/C21H16Br2FNO5S/c1-11(20(27)29-2)25-19(26)17(31-21(25)28)9-13-7-15(22)18(16(23)8-13)30-10-12-4-3-5-14(24)6-12/h3-9,11H,10H2,1-2H3/b17-9+/t11-/m0/s1. The Hall–Kier alpha value is -2.17. The number of rotatable bonds is 6. The first-order valence-electron chi connectivity index (χ1n) is 8.92. The summed E-state index contributed by atoms with van der Waals surface area (Å²) in [5, 5.41) is -0.540. The van der Waals surface area contributed by atoms with E-state index in [1.54, 1.807) is 30.3 Å². The van der Waals surface area contributed by atoms with Gasteiger partial charge in [-0.2, -0.15) is 0 Å². The van der Waals surface area contributed by atoms with Gasteiger partial charge in [0.25, 0.3) is 11.1 Å². The molecule has 1 aliphatic heterocycles. The minimum atomic E-state index is -1.01. The predicted octanol–water partition coefficient (Wildman–Crippen LogP) is 5.53. The van der Waals surface area contributed by atoms with E-state index in [9.17, 15) is 18.8 Å². The van der Waals surface area contributed by atoms with Crippen molar-refractivity contribution < 1.29 is 28.2 Å². The van der Waals surface area contributed by atoms with Gasteiger partial charge in [-0.05, 0) is 92.0 Å². The Morgan fingerprint density at radius 3 is 2.52 bits per heavy atom. The average Bonchev–Trinajstić information content (AvgIpc) is 2.99. The van der Waals surface area contributed by atoms with Crippen LogP contribution in [0.1, 0.15) is 18.1 Å². The van der Waals surface area contributed by atoms with Crippen LogP contribution in [0.15, 0.2) is 50.2 Å². The van der Waals surface area contributed by atoms with Crippen molar-refractivity contribution in [2.75, 3.05) is 7.11 Å². The van der Waals surface area contributed by atoms with E-state index in [2.05, 4.69) is 36.6 Å².